The third kappa shape index (κ3) is 3.20. The topological polar surface area (TPSA) is 47.4 Å². The zero-order chi connectivity index (χ0) is 13.8. The van der Waals surface area contributed by atoms with E-state index in [1.165, 1.54) is 25.1 Å². The lowest BCUT2D eigenvalue weighted by molar-refractivity contribution is -0.126. The summed E-state index contributed by atoms with van der Waals surface area (Å²) in [5.74, 6) is -1.42. The molecule has 6 heteroatoms. The van der Waals surface area contributed by atoms with Crippen LogP contribution in [0.15, 0.2) is 18.4 Å². The SMILES string of the molecule is CN(C)C(=O)/C(F)=C/c1cncn1C1CCOCC1. The van der Waals surface area contributed by atoms with Crippen molar-refractivity contribution in [2.24, 2.45) is 0 Å². The lowest BCUT2D eigenvalue weighted by Crippen LogP contribution is -2.22. The van der Waals surface area contributed by atoms with Gasteiger partial charge in [-0.15, -0.1) is 0 Å². The summed E-state index contributed by atoms with van der Waals surface area (Å²) in [6.45, 7) is 1.40. The third-order valence-electron chi connectivity index (χ3n) is 3.17. The maximum Gasteiger partial charge on any atom is 0.282 e. The molecule has 0 aliphatic carbocycles. The van der Waals surface area contributed by atoms with Crippen LogP contribution in [0.5, 0.6) is 0 Å². The van der Waals surface area contributed by atoms with Gasteiger partial charge in [0.2, 0.25) is 0 Å². The lowest BCUT2D eigenvalue weighted by atomic mass is 10.1. The minimum absolute atomic E-state index is 0.254. The van der Waals surface area contributed by atoms with Crippen molar-refractivity contribution in [3.8, 4) is 0 Å². The second kappa shape index (κ2) is 5.97. The summed E-state index contributed by atoms with van der Waals surface area (Å²) in [5.41, 5.74) is 0.611. The molecule has 0 unspecified atom stereocenters. The fourth-order valence-corrected chi connectivity index (χ4v) is 2.10. The van der Waals surface area contributed by atoms with Crippen molar-refractivity contribution in [3.63, 3.8) is 0 Å². The monoisotopic (exact) mass is 267 g/mol. The summed E-state index contributed by atoms with van der Waals surface area (Å²) in [5, 5.41) is 0. The molecule has 0 N–H and O–H groups in total. The van der Waals surface area contributed by atoms with Gasteiger partial charge in [0.25, 0.3) is 5.91 Å². The molecule has 1 fully saturated rings. The molecule has 1 aliphatic heterocycles. The minimum atomic E-state index is -0.779. The van der Waals surface area contributed by atoms with Gasteiger partial charge in [0, 0.05) is 39.4 Å². The zero-order valence-electron chi connectivity index (χ0n) is 11.2. The fraction of sp³-hybridized carbons (Fsp3) is 0.538. The molecule has 2 heterocycles. The van der Waals surface area contributed by atoms with Gasteiger partial charge in [-0.3, -0.25) is 4.79 Å². The van der Waals surface area contributed by atoms with Gasteiger partial charge >= 0.3 is 0 Å². The first kappa shape index (κ1) is 13.7. The molecule has 0 atom stereocenters. The number of nitrogens with zero attached hydrogens (tertiary/aromatic N) is 3. The summed E-state index contributed by atoms with van der Waals surface area (Å²) in [7, 11) is 3.04. The molecule has 0 aromatic carbocycles. The number of likely N-dealkylation sites (N-methyl/N-ethyl adjacent to an activating group) is 1. The maximum atomic E-state index is 13.8. The molecule has 1 aliphatic rings. The van der Waals surface area contributed by atoms with Crippen LogP contribution >= 0.6 is 0 Å². The van der Waals surface area contributed by atoms with Crippen LogP contribution in [0.25, 0.3) is 6.08 Å². The Kier molecular flexibility index (Phi) is 4.31. The van der Waals surface area contributed by atoms with Crippen molar-refractivity contribution in [1.29, 1.82) is 0 Å². The van der Waals surface area contributed by atoms with Crippen LogP contribution < -0.4 is 0 Å². The Bertz CT molecular complexity index is 476. The zero-order valence-corrected chi connectivity index (χ0v) is 11.2. The van der Waals surface area contributed by atoms with E-state index in [1.807, 2.05) is 4.57 Å². The third-order valence-corrected chi connectivity index (χ3v) is 3.17. The average Bonchev–Trinajstić information content (AvgIpc) is 2.86. The number of imidazole rings is 1. The van der Waals surface area contributed by atoms with Gasteiger partial charge in [-0.25, -0.2) is 9.37 Å². The molecule has 0 radical (unpaired) electrons. The number of hydrogen-bond donors (Lipinski definition) is 0. The van der Waals surface area contributed by atoms with E-state index in [2.05, 4.69) is 4.98 Å². The number of hydrogen-bond acceptors (Lipinski definition) is 3. The highest BCUT2D eigenvalue weighted by molar-refractivity contribution is 5.95. The van der Waals surface area contributed by atoms with E-state index in [-0.39, 0.29) is 6.04 Å². The van der Waals surface area contributed by atoms with Gasteiger partial charge < -0.3 is 14.2 Å². The number of carbonyl (C=O) groups excluding carboxylic acids is 1. The molecule has 19 heavy (non-hydrogen) atoms. The molecule has 1 amide bonds. The standard InChI is InChI=1S/C13H18FN3O2/c1-16(2)13(18)12(14)7-11-8-15-9-17(11)10-3-5-19-6-4-10/h7-10H,3-6H2,1-2H3/b12-7-. The van der Waals surface area contributed by atoms with Gasteiger partial charge in [-0.05, 0) is 12.8 Å². The number of ether oxygens (including phenoxy) is 1. The summed E-state index contributed by atoms with van der Waals surface area (Å²) < 4.78 is 21.0. The molecule has 1 aromatic heterocycles. The van der Waals surface area contributed by atoms with Crippen molar-refractivity contribution < 1.29 is 13.9 Å². The average molecular weight is 267 g/mol. The largest absolute Gasteiger partial charge is 0.381 e. The first-order valence-electron chi connectivity index (χ1n) is 6.28. The molecular weight excluding hydrogens is 249 g/mol. The van der Waals surface area contributed by atoms with Crippen molar-refractivity contribution in [2.45, 2.75) is 18.9 Å². The van der Waals surface area contributed by atoms with Crippen LogP contribution in [-0.4, -0.2) is 47.7 Å². The Balaban J connectivity index is 2.19. The predicted molar refractivity (Wildman–Crippen MR) is 69.1 cm³/mol. The summed E-state index contributed by atoms with van der Waals surface area (Å²) in [4.78, 5) is 16.7. The Hall–Kier alpha value is -1.69. The second-order valence-electron chi connectivity index (χ2n) is 4.76. The van der Waals surface area contributed by atoms with E-state index in [4.69, 9.17) is 4.74 Å². The van der Waals surface area contributed by atoms with Crippen LogP contribution in [0.4, 0.5) is 4.39 Å². The highest BCUT2D eigenvalue weighted by atomic mass is 19.1. The van der Waals surface area contributed by atoms with Gasteiger partial charge in [-0.2, -0.15) is 0 Å². The smallest absolute Gasteiger partial charge is 0.282 e. The summed E-state index contributed by atoms with van der Waals surface area (Å²) in [6.07, 6.45) is 6.24. The number of halogens is 1. The van der Waals surface area contributed by atoms with Gasteiger partial charge in [0.15, 0.2) is 5.83 Å². The minimum Gasteiger partial charge on any atom is -0.381 e. The van der Waals surface area contributed by atoms with Crippen LogP contribution in [-0.2, 0) is 9.53 Å². The number of amides is 1. The summed E-state index contributed by atoms with van der Waals surface area (Å²) in [6, 6.07) is 0.254. The molecule has 1 aromatic rings. The maximum absolute atomic E-state index is 13.8. The van der Waals surface area contributed by atoms with Crippen LogP contribution in [0.2, 0.25) is 0 Å². The Morgan fingerprint density at radius 1 is 1.53 bits per heavy atom. The van der Waals surface area contributed by atoms with E-state index in [0.717, 1.165) is 12.8 Å². The van der Waals surface area contributed by atoms with E-state index in [0.29, 0.717) is 18.9 Å². The predicted octanol–water partition coefficient (Wildman–Crippen LogP) is 1.63. The molecule has 0 bridgehead atoms. The normalized spacial score (nSPS) is 17.5. The number of aromatic nitrogens is 2. The molecule has 0 spiro atoms. The van der Waals surface area contributed by atoms with Crippen molar-refractivity contribution in [1.82, 2.24) is 14.5 Å². The van der Waals surface area contributed by atoms with E-state index >= 15 is 0 Å². The van der Waals surface area contributed by atoms with E-state index in [1.54, 1.807) is 12.5 Å². The van der Waals surface area contributed by atoms with Crippen LogP contribution in [0, 0.1) is 0 Å². The van der Waals surface area contributed by atoms with Crippen LogP contribution in [0.3, 0.4) is 0 Å². The number of rotatable bonds is 3. The lowest BCUT2D eigenvalue weighted by Gasteiger charge is -2.24. The van der Waals surface area contributed by atoms with Crippen molar-refractivity contribution in [3.05, 3.63) is 24.0 Å². The highest BCUT2D eigenvalue weighted by Crippen LogP contribution is 2.23. The Labute approximate surface area is 111 Å². The first-order chi connectivity index (χ1) is 9.09. The summed E-state index contributed by atoms with van der Waals surface area (Å²) >= 11 is 0. The molecule has 104 valence electrons. The van der Waals surface area contributed by atoms with Crippen molar-refractivity contribution >= 4 is 12.0 Å². The molecule has 0 saturated carbocycles. The molecule has 1 saturated heterocycles. The Morgan fingerprint density at radius 2 is 2.21 bits per heavy atom. The second-order valence-corrected chi connectivity index (χ2v) is 4.76. The molecular formula is C13H18FN3O2. The Morgan fingerprint density at radius 3 is 2.84 bits per heavy atom. The molecule has 2 rings (SSSR count). The van der Waals surface area contributed by atoms with Crippen LogP contribution in [0.1, 0.15) is 24.6 Å². The van der Waals surface area contributed by atoms with E-state index < -0.39 is 11.7 Å². The van der Waals surface area contributed by atoms with Crippen molar-refractivity contribution in [2.75, 3.05) is 27.3 Å². The number of carbonyl (C=O) groups is 1. The van der Waals surface area contributed by atoms with Gasteiger partial charge in [0.1, 0.15) is 0 Å². The first-order valence-corrected chi connectivity index (χ1v) is 6.28. The van der Waals surface area contributed by atoms with Gasteiger partial charge in [0.05, 0.1) is 18.2 Å². The fourth-order valence-electron chi connectivity index (χ4n) is 2.10. The van der Waals surface area contributed by atoms with Gasteiger partial charge in [-0.1, -0.05) is 0 Å². The quantitative estimate of drug-likeness (QED) is 0.782. The van der Waals surface area contributed by atoms with E-state index in [9.17, 15) is 9.18 Å². The highest BCUT2D eigenvalue weighted by Gasteiger charge is 2.18. The molecule has 5 nitrogen and oxygen atoms in total.